The van der Waals surface area contributed by atoms with E-state index in [0.717, 1.165) is 26.1 Å². The molecule has 1 aromatic carbocycles. The number of carbonyl (C=O) groups excluding carboxylic acids is 2. The first-order chi connectivity index (χ1) is 11.5. The number of nitrogens with one attached hydrogen (secondary N) is 2. The van der Waals surface area contributed by atoms with Gasteiger partial charge in [-0.3, -0.25) is 9.59 Å². The third-order valence-corrected chi connectivity index (χ3v) is 3.46. The van der Waals surface area contributed by atoms with Crippen LogP contribution >= 0.6 is 0 Å². The summed E-state index contributed by atoms with van der Waals surface area (Å²) in [4.78, 5) is 25.5. The minimum Gasteiger partial charge on any atom is -0.362 e. The van der Waals surface area contributed by atoms with Gasteiger partial charge in [-0.2, -0.15) is 0 Å². The average molecular weight is 339 g/mol. The lowest BCUT2D eigenvalue weighted by atomic mass is 10.3. The highest BCUT2D eigenvalue weighted by atomic mass is 19.1. The molecule has 0 fully saturated rings. The highest BCUT2D eigenvalue weighted by Gasteiger charge is 2.06. The second kappa shape index (κ2) is 11.5. The van der Waals surface area contributed by atoms with Crippen LogP contribution in [0.3, 0.4) is 0 Å². The van der Waals surface area contributed by atoms with Crippen molar-refractivity contribution in [1.82, 2.24) is 10.2 Å². The summed E-state index contributed by atoms with van der Waals surface area (Å²) in [5.74, 6) is -1.01. The highest BCUT2D eigenvalue weighted by molar-refractivity contribution is 5.91. The fourth-order valence-electron chi connectivity index (χ4n) is 2.09. The molecule has 1 rings (SSSR count). The van der Waals surface area contributed by atoms with Crippen LogP contribution in [-0.2, 0) is 14.3 Å². The summed E-state index contributed by atoms with van der Waals surface area (Å²) in [6.45, 7) is 7.33. The maximum absolute atomic E-state index is 12.7. The van der Waals surface area contributed by atoms with E-state index in [1.54, 1.807) is 0 Å². The van der Waals surface area contributed by atoms with E-state index in [9.17, 15) is 14.0 Å². The number of halogens is 1. The van der Waals surface area contributed by atoms with Gasteiger partial charge in [0.25, 0.3) is 0 Å². The molecule has 134 valence electrons. The molecule has 2 N–H and O–H groups in total. The Morgan fingerprint density at radius 2 is 1.71 bits per heavy atom. The molecule has 0 saturated heterocycles. The molecule has 0 atom stereocenters. The molecule has 0 spiro atoms. The van der Waals surface area contributed by atoms with Gasteiger partial charge in [0.2, 0.25) is 11.8 Å². The van der Waals surface area contributed by atoms with Crippen molar-refractivity contribution in [2.24, 2.45) is 0 Å². The van der Waals surface area contributed by atoms with Crippen LogP contribution in [0.15, 0.2) is 24.3 Å². The van der Waals surface area contributed by atoms with E-state index >= 15 is 0 Å². The Morgan fingerprint density at radius 3 is 2.33 bits per heavy atom. The molecule has 2 amide bonds. The first-order valence-electron chi connectivity index (χ1n) is 8.17. The molecule has 24 heavy (non-hydrogen) atoms. The number of benzene rings is 1. The van der Waals surface area contributed by atoms with Crippen LogP contribution in [0.25, 0.3) is 0 Å². The second-order valence-electron chi connectivity index (χ2n) is 5.28. The highest BCUT2D eigenvalue weighted by Crippen LogP contribution is 2.07. The zero-order valence-corrected chi connectivity index (χ0v) is 14.3. The predicted molar refractivity (Wildman–Crippen MR) is 91.3 cm³/mol. The first kappa shape index (κ1) is 20.1. The van der Waals surface area contributed by atoms with Crippen LogP contribution in [-0.4, -0.2) is 56.1 Å². The van der Waals surface area contributed by atoms with Crippen LogP contribution in [0.2, 0.25) is 0 Å². The van der Waals surface area contributed by atoms with Gasteiger partial charge in [0.1, 0.15) is 19.0 Å². The van der Waals surface area contributed by atoms with Crippen LogP contribution in [0.1, 0.15) is 20.3 Å². The zero-order chi connectivity index (χ0) is 17.8. The number of hydrogen-bond donors (Lipinski definition) is 2. The SMILES string of the molecule is CCN(CC)CCCNC(=O)COCC(=O)Nc1ccc(F)cc1. The van der Waals surface area contributed by atoms with Gasteiger partial charge < -0.3 is 20.3 Å². The quantitative estimate of drug-likeness (QED) is 0.601. The van der Waals surface area contributed by atoms with Crippen molar-refractivity contribution in [1.29, 1.82) is 0 Å². The molecule has 0 aliphatic heterocycles. The molecule has 1 aromatic rings. The summed E-state index contributed by atoms with van der Waals surface area (Å²) in [6, 6.07) is 5.41. The van der Waals surface area contributed by atoms with Crippen LogP contribution in [0.4, 0.5) is 10.1 Å². The van der Waals surface area contributed by atoms with Gasteiger partial charge in [-0.15, -0.1) is 0 Å². The maximum atomic E-state index is 12.7. The Kier molecular flexibility index (Phi) is 9.64. The van der Waals surface area contributed by atoms with Crippen molar-refractivity contribution in [3.05, 3.63) is 30.1 Å². The van der Waals surface area contributed by atoms with E-state index < -0.39 is 5.91 Å². The minimum atomic E-state index is -0.393. The predicted octanol–water partition coefficient (Wildman–Crippen LogP) is 1.63. The van der Waals surface area contributed by atoms with Crippen LogP contribution < -0.4 is 10.6 Å². The summed E-state index contributed by atoms with van der Waals surface area (Å²) in [6.07, 6.45) is 0.873. The fourth-order valence-corrected chi connectivity index (χ4v) is 2.09. The average Bonchev–Trinajstić information content (AvgIpc) is 2.57. The number of amides is 2. The Morgan fingerprint density at radius 1 is 1.08 bits per heavy atom. The molecule has 0 aromatic heterocycles. The monoisotopic (exact) mass is 339 g/mol. The third kappa shape index (κ3) is 8.59. The van der Waals surface area contributed by atoms with Crippen molar-refractivity contribution in [3.63, 3.8) is 0 Å². The van der Waals surface area contributed by atoms with Gasteiger partial charge in [-0.25, -0.2) is 4.39 Å². The van der Waals surface area contributed by atoms with E-state index in [-0.39, 0.29) is 24.9 Å². The van der Waals surface area contributed by atoms with Crippen molar-refractivity contribution < 1.29 is 18.7 Å². The summed E-state index contributed by atoms with van der Waals surface area (Å²) >= 11 is 0. The molecule has 0 aliphatic rings. The maximum Gasteiger partial charge on any atom is 0.250 e. The molecule has 0 radical (unpaired) electrons. The number of anilines is 1. The fraction of sp³-hybridized carbons (Fsp3) is 0.529. The van der Waals surface area contributed by atoms with E-state index in [1.807, 2.05) is 0 Å². The second-order valence-corrected chi connectivity index (χ2v) is 5.28. The van der Waals surface area contributed by atoms with E-state index in [2.05, 4.69) is 29.4 Å². The van der Waals surface area contributed by atoms with Gasteiger partial charge in [0.05, 0.1) is 0 Å². The smallest absolute Gasteiger partial charge is 0.250 e. The van der Waals surface area contributed by atoms with Crippen molar-refractivity contribution >= 4 is 17.5 Å². The molecule has 0 saturated carbocycles. The normalized spacial score (nSPS) is 10.7. The Hall–Kier alpha value is -1.99. The topological polar surface area (TPSA) is 70.7 Å². The van der Waals surface area contributed by atoms with Gasteiger partial charge >= 0.3 is 0 Å². The van der Waals surface area contributed by atoms with Gasteiger partial charge in [-0.05, 0) is 50.3 Å². The Balaban J connectivity index is 2.10. The van der Waals surface area contributed by atoms with Crippen LogP contribution in [0, 0.1) is 5.82 Å². The lowest BCUT2D eigenvalue weighted by Crippen LogP contribution is -2.32. The Labute approximate surface area is 142 Å². The van der Waals surface area contributed by atoms with E-state index in [0.29, 0.717) is 12.2 Å². The Bertz CT molecular complexity index is 504. The number of carbonyl (C=O) groups is 2. The minimum absolute atomic E-state index is 0.165. The molecular weight excluding hydrogens is 313 g/mol. The number of hydrogen-bond acceptors (Lipinski definition) is 4. The summed E-state index contributed by atoms with van der Waals surface area (Å²) in [7, 11) is 0. The van der Waals surface area contributed by atoms with Crippen molar-refractivity contribution in [2.45, 2.75) is 20.3 Å². The van der Waals surface area contributed by atoms with Gasteiger partial charge in [-0.1, -0.05) is 13.8 Å². The largest absolute Gasteiger partial charge is 0.362 e. The van der Waals surface area contributed by atoms with Crippen LogP contribution in [0.5, 0.6) is 0 Å². The number of rotatable bonds is 11. The standard InChI is InChI=1S/C17H26FN3O3/c1-3-21(4-2)11-5-10-19-16(22)12-24-13-17(23)20-15-8-6-14(18)7-9-15/h6-9H,3-5,10-13H2,1-2H3,(H,19,22)(H,20,23). The summed E-state index contributed by atoms with van der Waals surface area (Å²) in [5.41, 5.74) is 0.478. The summed E-state index contributed by atoms with van der Waals surface area (Å²) in [5, 5.41) is 5.30. The molecule has 0 bridgehead atoms. The summed E-state index contributed by atoms with van der Waals surface area (Å²) < 4.78 is 17.8. The van der Waals surface area contributed by atoms with E-state index in [1.165, 1.54) is 24.3 Å². The number of nitrogens with zero attached hydrogens (tertiary/aromatic N) is 1. The van der Waals surface area contributed by atoms with Gasteiger partial charge in [0, 0.05) is 12.2 Å². The molecule has 6 nitrogen and oxygen atoms in total. The molecular formula is C17H26FN3O3. The van der Waals surface area contributed by atoms with Crippen molar-refractivity contribution in [2.75, 3.05) is 44.7 Å². The molecule has 0 aliphatic carbocycles. The van der Waals surface area contributed by atoms with Gasteiger partial charge in [0.15, 0.2) is 0 Å². The molecule has 0 heterocycles. The number of ether oxygens (including phenoxy) is 1. The lowest BCUT2D eigenvalue weighted by molar-refractivity contribution is -0.128. The first-order valence-corrected chi connectivity index (χ1v) is 8.17. The zero-order valence-electron chi connectivity index (χ0n) is 14.3. The van der Waals surface area contributed by atoms with E-state index in [4.69, 9.17) is 4.74 Å². The molecule has 0 unspecified atom stereocenters. The van der Waals surface area contributed by atoms with Crippen molar-refractivity contribution in [3.8, 4) is 0 Å². The lowest BCUT2D eigenvalue weighted by Gasteiger charge is -2.17. The third-order valence-electron chi connectivity index (χ3n) is 3.46. The molecule has 7 heteroatoms.